The number of rotatable bonds is 2. The Hall–Kier alpha value is -2.67. The molecule has 2 aromatic rings. The Morgan fingerprint density at radius 1 is 1.28 bits per heavy atom. The Kier molecular flexibility index (Phi) is 4.94. The summed E-state index contributed by atoms with van der Waals surface area (Å²) in [5.41, 5.74) is 0.977. The van der Waals surface area contributed by atoms with Crippen LogP contribution in [0.1, 0.15) is 35.6 Å². The van der Waals surface area contributed by atoms with Crippen LogP contribution in [0.5, 0.6) is 5.75 Å². The van der Waals surface area contributed by atoms with E-state index in [1.807, 2.05) is 0 Å². The molecular weight excluding hydrogens is 407 g/mol. The highest BCUT2D eigenvalue weighted by Gasteiger charge is 2.45. The van der Waals surface area contributed by atoms with Crippen molar-refractivity contribution in [2.24, 2.45) is 0 Å². The van der Waals surface area contributed by atoms with Crippen molar-refractivity contribution in [2.75, 3.05) is 13.1 Å². The van der Waals surface area contributed by atoms with Crippen molar-refractivity contribution in [2.45, 2.75) is 24.9 Å². The van der Waals surface area contributed by atoms with Gasteiger partial charge in [-0.15, -0.1) is 0 Å². The molecule has 0 aromatic heterocycles. The van der Waals surface area contributed by atoms with E-state index in [0.29, 0.717) is 12.0 Å². The fraction of sp³-hybridized carbons (Fsp3) is 0.286. The van der Waals surface area contributed by atoms with Gasteiger partial charge < -0.3 is 14.7 Å². The molecule has 4 rings (SSSR count). The highest BCUT2D eigenvalue weighted by molar-refractivity contribution is 6.30. The van der Waals surface area contributed by atoms with Gasteiger partial charge in [0.1, 0.15) is 17.7 Å². The minimum absolute atomic E-state index is 0.0122. The van der Waals surface area contributed by atoms with Crippen molar-refractivity contribution in [1.82, 2.24) is 4.90 Å². The van der Waals surface area contributed by atoms with Crippen LogP contribution < -0.4 is 4.74 Å². The Morgan fingerprint density at radius 2 is 2.07 bits per heavy atom. The molecule has 1 unspecified atom stereocenters. The van der Waals surface area contributed by atoms with E-state index in [0.717, 1.165) is 11.6 Å². The van der Waals surface area contributed by atoms with E-state index < -0.39 is 30.4 Å². The zero-order chi connectivity index (χ0) is 20.8. The van der Waals surface area contributed by atoms with Crippen LogP contribution >= 0.6 is 11.6 Å². The van der Waals surface area contributed by atoms with Crippen LogP contribution in [-0.2, 0) is 5.92 Å². The van der Waals surface area contributed by atoms with Crippen molar-refractivity contribution in [3.05, 3.63) is 70.0 Å². The van der Waals surface area contributed by atoms with Gasteiger partial charge in [-0.3, -0.25) is 0 Å². The fourth-order valence-electron chi connectivity index (χ4n) is 3.76. The SMILES string of the molecule is O=C(O)N1CC=C(c2cccc3c2OC(c2ccc(Cl)cc2F)CC3(F)F)CC1. The zero-order valence-corrected chi connectivity index (χ0v) is 15.9. The van der Waals surface area contributed by atoms with Gasteiger partial charge >= 0.3 is 6.09 Å². The number of halogens is 4. The molecule has 2 aromatic carbocycles. The molecule has 1 atom stereocenters. The van der Waals surface area contributed by atoms with Gasteiger partial charge in [-0.1, -0.05) is 35.9 Å². The Bertz CT molecular complexity index is 1010. The van der Waals surface area contributed by atoms with E-state index in [1.165, 1.54) is 29.2 Å². The minimum Gasteiger partial charge on any atom is -0.484 e. The normalized spacial score (nSPS) is 20.5. The summed E-state index contributed by atoms with van der Waals surface area (Å²) in [6.07, 6.45) is -0.820. The molecule has 0 bridgehead atoms. The molecule has 1 N–H and O–H groups in total. The number of carboxylic acid groups (broad SMARTS) is 1. The van der Waals surface area contributed by atoms with Crippen LogP contribution in [0.3, 0.4) is 0 Å². The van der Waals surface area contributed by atoms with E-state index in [2.05, 4.69) is 0 Å². The third-order valence-electron chi connectivity index (χ3n) is 5.25. The molecule has 2 aliphatic heterocycles. The number of amides is 1. The summed E-state index contributed by atoms with van der Waals surface area (Å²) in [4.78, 5) is 12.3. The molecule has 4 nitrogen and oxygen atoms in total. The van der Waals surface area contributed by atoms with Gasteiger partial charge in [0.2, 0.25) is 0 Å². The molecule has 0 saturated carbocycles. The lowest BCUT2D eigenvalue weighted by Gasteiger charge is -2.34. The van der Waals surface area contributed by atoms with Crippen LogP contribution in [0.25, 0.3) is 5.57 Å². The molecule has 2 aliphatic rings. The molecule has 8 heteroatoms. The lowest BCUT2D eigenvalue weighted by atomic mass is 9.89. The first-order valence-electron chi connectivity index (χ1n) is 9.06. The largest absolute Gasteiger partial charge is 0.484 e. The van der Waals surface area contributed by atoms with Gasteiger partial charge in [0.25, 0.3) is 5.92 Å². The van der Waals surface area contributed by atoms with Crippen molar-refractivity contribution < 1.29 is 27.8 Å². The third-order valence-corrected chi connectivity index (χ3v) is 5.48. The zero-order valence-electron chi connectivity index (χ0n) is 15.2. The highest BCUT2D eigenvalue weighted by atomic mass is 35.5. The number of carbonyl (C=O) groups is 1. The van der Waals surface area contributed by atoms with E-state index in [4.69, 9.17) is 21.4 Å². The van der Waals surface area contributed by atoms with Crippen LogP contribution in [0.15, 0.2) is 42.5 Å². The van der Waals surface area contributed by atoms with Crippen molar-refractivity contribution in [3.8, 4) is 5.75 Å². The van der Waals surface area contributed by atoms with Gasteiger partial charge in [-0.05, 0) is 30.2 Å². The third kappa shape index (κ3) is 3.67. The lowest BCUT2D eigenvalue weighted by molar-refractivity contribution is -0.0665. The van der Waals surface area contributed by atoms with Crippen molar-refractivity contribution in [3.63, 3.8) is 0 Å². The van der Waals surface area contributed by atoms with Crippen LogP contribution in [-0.4, -0.2) is 29.2 Å². The van der Waals surface area contributed by atoms with Crippen molar-refractivity contribution >= 4 is 23.3 Å². The van der Waals surface area contributed by atoms with Gasteiger partial charge in [0.05, 0.1) is 12.0 Å². The number of benzene rings is 2. The predicted molar refractivity (Wildman–Crippen MR) is 102 cm³/mol. The summed E-state index contributed by atoms with van der Waals surface area (Å²) in [7, 11) is 0. The maximum atomic E-state index is 14.9. The second-order valence-corrected chi connectivity index (χ2v) is 7.51. The first-order chi connectivity index (χ1) is 13.8. The number of para-hydroxylation sites is 1. The van der Waals surface area contributed by atoms with E-state index in [-0.39, 0.29) is 35.0 Å². The first kappa shape index (κ1) is 19.6. The number of alkyl halides is 2. The molecule has 0 radical (unpaired) electrons. The molecule has 0 aliphatic carbocycles. The van der Waals surface area contributed by atoms with Crippen LogP contribution in [0.4, 0.5) is 18.0 Å². The maximum absolute atomic E-state index is 14.9. The quantitative estimate of drug-likeness (QED) is 0.658. The van der Waals surface area contributed by atoms with Crippen molar-refractivity contribution in [1.29, 1.82) is 0 Å². The first-order valence-corrected chi connectivity index (χ1v) is 9.44. The Balaban J connectivity index is 1.74. The lowest BCUT2D eigenvalue weighted by Crippen LogP contribution is -2.33. The summed E-state index contributed by atoms with van der Waals surface area (Å²) >= 11 is 5.77. The van der Waals surface area contributed by atoms with Gasteiger partial charge in [0, 0.05) is 29.2 Å². The average Bonchev–Trinajstić information content (AvgIpc) is 2.67. The summed E-state index contributed by atoms with van der Waals surface area (Å²) in [6, 6.07) is 8.37. The van der Waals surface area contributed by atoms with Crippen LogP contribution in [0, 0.1) is 5.82 Å². The maximum Gasteiger partial charge on any atom is 0.407 e. The van der Waals surface area contributed by atoms with E-state index >= 15 is 0 Å². The summed E-state index contributed by atoms with van der Waals surface area (Å²) < 4.78 is 50.1. The summed E-state index contributed by atoms with van der Waals surface area (Å²) in [6.45, 7) is 0.427. The minimum atomic E-state index is -3.21. The van der Waals surface area contributed by atoms with E-state index in [9.17, 15) is 18.0 Å². The molecule has 1 amide bonds. The number of ether oxygens (including phenoxy) is 1. The predicted octanol–water partition coefficient (Wildman–Crippen LogP) is 5.86. The highest BCUT2D eigenvalue weighted by Crippen LogP contribution is 2.51. The molecule has 2 heterocycles. The monoisotopic (exact) mass is 423 g/mol. The van der Waals surface area contributed by atoms with Gasteiger partial charge in [-0.2, -0.15) is 0 Å². The average molecular weight is 424 g/mol. The Morgan fingerprint density at radius 3 is 2.72 bits per heavy atom. The number of hydrogen-bond acceptors (Lipinski definition) is 2. The summed E-state index contributed by atoms with van der Waals surface area (Å²) in [5, 5.41) is 9.26. The number of fused-ring (bicyclic) bond motifs is 1. The second-order valence-electron chi connectivity index (χ2n) is 7.07. The molecular formula is C21H17ClF3NO3. The van der Waals surface area contributed by atoms with Gasteiger partial charge in [0.15, 0.2) is 0 Å². The molecule has 0 saturated heterocycles. The van der Waals surface area contributed by atoms with Crippen LogP contribution in [0.2, 0.25) is 5.02 Å². The molecule has 0 fully saturated rings. The van der Waals surface area contributed by atoms with E-state index in [1.54, 1.807) is 12.1 Å². The topological polar surface area (TPSA) is 49.8 Å². The van der Waals surface area contributed by atoms with Gasteiger partial charge in [-0.25, -0.2) is 18.0 Å². The molecule has 0 spiro atoms. The molecule has 152 valence electrons. The number of nitrogens with zero attached hydrogens (tertiary/aromatic N) is 1. The second kappa shape index (κ2) is 7.30. The standard InChI is InChI=1S/C21H17ClF3NO3/c22-13-4-5-15(17(23)10-13)18-11-21(24,25)16-3-1-2-14(19(16)29-18)12-6-8-26(9-7-12)20(27)28/h1-6,10,18H,7-9,11H2,(H,27,28). The number of hydrogen-bond donors (Lipinski definition) is 1. The molecule has 29 heavy (non-hydrogen) atoms. The summed E-state index contributed by atoms with van der Waals surface area (Å²) in [5.74, 6) is -3.89. The fourth-order valence-corrected chi connectivity index (χ4v) is 3.91. The Labute approximate surface area is 170 Å². The smallest absolute Gasteiger partial charge is 0.407 e.